The Balaban J connectivity index is 2.46. The molecule has 0 aliphatic heterocycles. The van der Waals surface area contributed by atoms with Gasteiger partial charge in [-0.25, -0.2) is 0 Å². The molecule has 5 heteroatoms. The third kappa shape index (κ3) is 2.98. The van der Waals surface area contributed by atoms with Crippen LogP contribution in [0.25, 0.3) is 0 Å². The zero-order valence-electron chi connectivity index (χ0n) is 12.1. The summed E-state index contributed by atoms with van der Waals surface area (Å²) in [6.07, 6.45) is 3.77. The van der Waals surface area contributed by atoms with Crippen LogP contribution in [0.3, 0.4) is 0 Å². The molecule has 1 unspecified atom stereocenters. The molecule has 4 nitrogen and oxygen atoms in total. The van der Waals surface area contributed by atoms with Crippen molar-refractivity contribution in [3.8, 4) is 0 Å². The van der Waals surface area contributed by atoms with Crippen LogP contribution in [-0.2, 0) is 5.41 Å². The largest absolute Gasteiger partial charge is 0.309 e. The van der Waals surface area contributed by atoms with E-state index in [0.717, 1.165) is 16.8 Å². The van der Waals surface area contributed by atoms with Crippen molar-refractivity contribution >= 4 is 11.5 Å². The third-order valence-electron chi connectivity index (χ3n) is 3.00. The minimum Gasteiger partial charge on any atom is -0.309 e. The Kier molecular flexibility index (Phi) is 3.96. The molecule has 1 atom stereocenters. The molecule has 0 bridgehead atoms. The SMILES string of the molecule is CNC(c1cncc(C)c1)c1snnc1C(C)(C)C. The number of pyridine rings is 1. The average molecular weight is 276 g/mol. The van der Waals surface area contributed by atoms with E-state index in [-0.39, 0.29) is 11.5 Å². The Bertz CT molecular complexity index is 557. The maximum atomic E-state index is 4.31. The number of aryl methyl sites for hydroxylation is 1. The number of aromatic nitrogens is 3. The lowest BCUT2D eigenvalue weighted by Gasteiger charge is -2.21. The molecule has 0 saturated heterocycles. The van der Waals surface area contributed by atoms with Crippen molar-refractivity contribution in [2.45, 2.75) is 39.2 Å². The molecule has 0 radical (unpaired) electrons. The Morgan fingerprint density at radius 3 is 2.58 bits per heavy atom. The molecule has 2 aromatic rings. The van der Waals surface area contributed by atoms with Gasteiger partial charge in [-0.05, 0) is 36.6 Å². The maximum Gasteiger partial charge on any atom is 0.0860 e. The standard InChI is InChI=1S/C14H20N4S/c1-9-6-10(8-16-7-9)11(15-5)12-13(14(2,3)4)17-18-19-12/h6-8,11,15H,1-5H3. The highest BCUT2D eigenvalue weighted by Gasteiger charge is 2.27. The van der Waals surface area contributed by atoms with Crippen LogP contribution < -0.4 is 5.32 Å². The van der Waals surface area contributed by atoms with E-state index < -0.39 is 0 Å². The highest BCUT2D eigenvalue weighted by atomic mass is 32.1. The topological polar surface area (TPSA) is 50.7 Å². The Labute approximate surface area is 118 Å². The van der Waals surface area contributed by atoms with Gasteiger partial charge in [-0.3, -0.25) is 4.98 Å². The van der Waals surface area contributed by atoms with Gasteiger partial charge in [-0.2, -0.15) is 0 Å². The molecular weight excluding hydrogens is 256 g/mol. The second-order valence-electron chi connectivity index (χ2n) is 5.75. The third-order valence-corrected chi connectivity index (χ3v) is 3.79. The van der Waals surface area contributed by atoms with Crippen molar-refractivity contribution in [2.75, 3.05) is 7.05 Å². The van der Waals surface area contributed by atoms with Crippen LogP contribution in [0, 0.1) is 6.92 Å². The van der Waals surface area contributed by atoms with Gasteiger partial charge in [0.1, 0.15) is 0 Å². The van der Waals surface area contributed by atoms with Gasteiger partial charge in [0.05, 0.1) is 16.6 Å². The normalized spacial score (nSPS) is 13.5. The Morgan fingerprint density at radius 2 is 2.00 bits per heavy atom. The first-order valence-corrected chi connectivity index (χ1v) is 7.12. The van der Waals surface area contributed by atoms with Gasteiger partial charge in [0.15, 0.2) is 0 Å². The molecule has 0 fully saturated rings. The van der Waals surface area contributed by atoms with Crippen LogP contribution in [0.15, 0.2) is 18.5 Å². The molecular formula is C14H20N4S. The van der Waals surface area contributed by atoms with E-state index in [1.54, 1.807) is 0 Å². The van der Waals surface area contributed by atoms with Crippen molar-refractivity contribution in [3.63, 3.8) is 0 Å². The number of rotatable bonds is 3. The fraction of sp³-hybridized carbons (Fsp3) is 0.500. The second-order valence-corrected chi connectivity index (χ2v) is 6.54. The average Bonchev–Trinajstić information content (AvgIpc) is 2.79. The van der Waals surface area contributed by atoms with E-state index in [9.17, 15) is 0 Å². The molecule has 102 valence electrons. The molecule has 2 heterocycles. The first-order chi connectivity index (χ1) is 8.93. The van der Waals surface area contributed by atoms with Crippen LogP contribution in [0.4, 0.5) is 0 Å². The lowest BCUT2D eigenvalue weighted by atomic mass is 9.89. The fourth-order valence-electron chi connectivity index (χ4n) is 2.09. The molecule has 0 spiro atoms. The van der Waals surface area contributed by atoms with Gasteiger partial charge >= 0.3 is 0 Å². The van der Waals surface area contributed by atoms with Gasteiger partial charge in [0, 0.05) is 17.8 Å². The zero-order valence-corrected chi connectivity index (χ0v) is 12.9. The summed E-state index contributed by atoms with van der Waals surface area (Å²) in [6, 6.07) is 2.25. The van der Waals surface area contributed by atoms with Crippen LogP contribution >= 0.6 is 11.5 Å². The van der Waals surface area contributed by atoms with Crippen LogP contribution in [-0.4, -0.2) is 21.6 Å². The summed E-state index contributed by atoms with van der Waals surface area (Å²) in [4.78, 5) is 5.45. The summed E-state index contributed by atoms with van der Waals surface area (Å²) in [7, 11) is 1.96. The van der Waals surface area contributed by atoms with E-state index >= 15 is 0 Å². The maximum absolute atomic E-state index is 4.31. The summed E-state index contributed by atoms with van der Waals surface area (Å²) in [5.74, 6) is 0. The van der Waals surface area contributed by atoms with E-state index in [1.165, 1.54) is 16.4 Å². The van der Waals surface area contributed by atoms with Gasteiger partial charge < -0.3 is 5.32 Å². The van der Waals surface area contributed by atoms with E-state index in [2.05, 4.69) is 53.6 Å². The lowest BCUT2D eigenvalue weighted by Crippen LogP contribution is -2.22. The van der Waals surface area contributed by atoms with E-state index in [4.69, 9.17) is 0 Å². The molecule has 19 heavy (non-hydrogen) atoms. The molecule has 0 aromatic carbocycles. The Morgan fingerprint density at radius 1 is 1.26 bits per heavy atom. The van der Waals surface area contributed by atoms with Crippen molar-refractivity contribution < 1.29 is 0 Å². The summed E-state index contributed by atoms with van der Waals surface area (Å²) in [6.45, 7) is 8.54. The van der Waals surface area contributed by atoms with Gasteiger partial charge in [-0.15, -0.1) is 5.10 Å². The van der Waals surface area contributed by atoms with Crippen molar-refractivity contribution in [1.82, 2.24) is 19.9 Å². The lowest BCUT2D eigenvalue weighted by molar-refractivity contribution is 0.549. The highest BCUT2D eigenvalue weighted by Crippen LogP contribution is 2.33. The van der Waals surface area contributed by atoms with Gasteiger partial charge in [0.2, 0.25) is 0 Å². The van der Waals surface area contributed by atoms with Crippen LogP contribution in [0.2, 0.25) is 0 Å². The molecule has 0 saturated carbocycles. The van der Waals surface area contributed by atoms with E-state index in [1.807, 2.05) is 19.4 Å². The summed E-state index contributed by atoms with van der Waals surface area (Å²) in [5.41, 5.74) is 3.36. The molecule has 2 aromatic heterocycles. The minimum atomic E-state index is -0.00527. The first-order valence-electron chi connectivity index (χ1n) is 6.35. The van der Waals surface area contributed by atoms with E-state index in [0.29, 0.717) is 0 Å². The monoisotopic (exact) mass is 276 g/mol. The fourth-order valence-corrected chi connectivity index (χ4v) is 3.10. The summed E-state index contributed by atoms with van der Waals surface area (Å²) < 4.78 is 4.14. The molecule has 1 N–H and O–H groups in total. The molecule has 0 amide bonds. The quantitative estimate of drug-likeness (QED) is 0.936. The predicted octanol–water partition coefficient (Wildman–Crippen LogP) is 2.85. The number of nitrogens with zero attached hydrogens (tertiary/aromatic N) is 3. The molecule has 0 aliphatic rings. The summed E-state index contributed by atoms with van der Waals surface area (Å²) >= 11 is 1.46. The zero-order chi connectivity index (χ0) is 14.0. The van der Waals surface area contributed by atoms with Crippen LogP contribution in [0.1, 0.15) is 48.5 Å². The second kappa shape index (κ2) is 5.35. The van der Waals surface area contributed by atoms with Gasteiger partial charge in [-0.1, -0.05) is 31.3 Å². The smallest absolute Gasteiger partial charge is 0.0860 e. The number of nitrogens with one attached hydrogen (secondary N) is 1. The first kappa shape index (κ1) is 14.1. The summed E-state index contributed by atoms with van der Waals surface area (Å²) in [5, 5.41) is 7.66. The van der Waals surface area contributed by atoms with Crippen molar-refractivity contribution in [1.29, 1.82) is 0 Å². The van der Waals surface area contributed by atoms with Crippen molar-refractivity contribution in [2.24, 2.45) is 0 Å². The molecule has 2 rings (SSSR count). The predicted molar refractivity (Wildman–Crippen MR) is 78.5 cm³/mol. The molecule has 0 aliphatic carbocycles. The number of hydrogen-bond donors (Lipinski definition) is 1. The highest BCUT2D eigenvalue weighted by molar-refractivity contribution is 7.05. The Hall–Kier alpha value is -1.33. The number of hydrogen-bond acceptors (Lipinski definition) is 5. The minimum absolute atomic E-state index is 0.00527. The van der Waals surface area contributed by atoms with Crippen LogP contribution in [0.5, 0.6) is 0 Å². The van der Waals surface area contributed by atoms with Crippen molar-refractivity contribution in [3.05, 3.63) is 40.2 Å². The van der Waals surface area contributed by atoms with Gasteiger partial charge in [0.25, 0.3) is 0 Å².